The SMILES string of the molecule is CCOCCCN(C)c1cc2nc(C)c(=O)[nH]c2cc1NC(=O)c1ccc(-c2ccncc2)cc1. The molecule has 0 spiro atoms. The molecule has 2 heterocycles. The van der Waals surface area contributed by atoms with Gasteiger partial charge in [0, 0.05) is 44.8 Å². The van der Waals surface area contributed by atoms with Gasteiger partial charge in [-0.05, 0) is 67.8 Å². The standard InChI is InChI=1S/C27H29N5O3/c1-4-35-15-5-14-32(3)25-17-23-22(30-26(33)18(2)29-23)16-24(25)31-27(34)21-8-6-19(7-9-21)20-10-12-28-13-11-20/h6-13,16-17H,4-5,14-15H2,1-3H3,(H,30,33)(H,31,34). The molecule has 0 aliphatic carbocycles. The van der Waals surface area contributed by atoms with Crippen molar-refractivity contribution in [2.75, 3.05) is 37.0 Å². The second-order valence-electron chi connectivity index (χ2n) is 8.28. The van der Waals surface area contributed by atoms with Crippen LogP contribution in [0.1, 0.15) is 29.4 Å². The second kappa shape index (κ2) is 10.9. The molecule has 0 aliphatic heterocycles. The number of carbonyl (C=O) groups excluding carboxylic acids is 1. The lowest BCUT2D eigenvalue weighted by Crippen LogP contribution is -2.23. The van der Waals surface area contributed by atoms with Crippen LogP contribution >= 0.6 is 0 Å². The highest BCUT2D eigenvalue weighted by Gasteiger charge is 2.15. The molecule has 0 bridgehead atoms. The van der Waals surface area contributed by atoms with Gasteiger partial charge in [0.05, 0.1) is 22.4 Å². The Hall–Kier alpha value is -4.04. The van der Waals surface area contributed by atoms with E-state index in [0.29, 0.717) is 41.2 Å². The van der Waals surface area contributed by atoms with Gasteiger partial charge in [-0.1, -0.05) is 12.1 Å². The van der Waals surface area contributed by atoms with E-state index in [-0.39, 0.29) is 11.5 Å². The number of aromatic nitrogens is 3. The molecule has 8 heteroatoms. The number of benzene rings is 2. The molecule has 0 saturated heterocycles. The number of hydrogen-bond acceptors (Lipinski definition) is 6. The van der Waals surface area contributed by atoms with Crippen molar-refractivity contribution in [3.63, 3.8) is 0 Å². The number of hydrogen-bond donors (Lipinski definition) is 2. The highest BCUT2D eigenvalue weighted by atomic mass is 16.5. The fraction of sp³-hybridized carbons (Fsp3) is 0.259. The molecule has 0 saturated carbocycles. The van der Waals surface area contributed by atoms with Gasteiger partial charge in [-0.3, -0.25) is 14.6 Å². The van der Waals surface area contributed by atoms with E-state index in [2.05, 4.69) is 25.2 Å². The number of amides is 1. The Bertz CT molecular complexity index is 1370. The fourth-order valence-electron chi connectivity index (χ4n) is 3.85. The maximum absolute atomic E-state index is 13.1. The van der Waals surface area contributed by atoms with Gasteiger partial charge in [0.15, 0.2) is 0 Å². The molecule has 4 aromatic rings. The van der Waals surface area contributed by atoms with Crippen LogP contribution in [-0.4, -0.2) is 47.7 Å². The van der Waals surface area contributed by atoms with E-state index < -0.39 is 0 Å². The molecule has 2 aromatic carbocycles. The number of rotatable bonds is 9. The summed E-state index contributed by atoms with van der Waals surface area (Å²) < 4.78 is 5.46. The maximum atomic E-state index is 13.1. The Labute approximate surface area is 204 Å². The highest BCUT2D eigenvalue weighted by Crippen LogP contribution is 2.30. The summed E-state index contributed by atoms with van der Waals surface area (Å²) in [5.74, 6) is -0.239. The quantitative estimate of drug-likeness (QED) is 0.351. The van der Waals surface area contributed by atoms with Crippen molar-refractivity contribution >= 4 is 28.3 Å². The first kappa shape index (κ1) is 24.1. The number of nitrogens with one attached hydrogen (secondary N) is 2. The monoisotopic (exact) mass is 471 g/mol. The minimum absolute atomic E-state index is 0.239. The van der Waals surface area contributed by atoms with Crippen LogP contribution in [0.2, 0.25) is 0 Å². The first-order chi connectivity index (χ1) is 17.0. The van der Waals surface area contributed by atoms with Gasteiger partial charge in [-0.15, -0.1) is 0 Å². The lowest BCUT2D eigenvalue weighted by atomic mass is 10.0. The van der Waals surface area contributed by atoms with Crippen molar-refractivity contribution in [1.29, 1.82) is 0 Å². The highest BCUT2D eigenvalue weighted by molar-refractivity contribution is 6.07. The third kappa shape index (κ3) is 5.73. The molecule has 2 N–H and O–H groups in total. The fourth-order valence-corrected chi connectivity index (χ4v) is 3.85. The zero-order chi connectivity index (χ0) is 24.8. The molecular weight excluding hydrogens is 442 g/mol. The van der Waals surface area contributed by atoms with Crippen LogP contribution in [0.25, 0.3) is 22.2 Å². The number of H-pyrrole nitrogens is 1. The van der Waals surface area contributed by atoms with Crippen LogP contribution in [0.4, 0.5) is 11.4 Å². The van der Waals surface area contributed by atoms with Gasteiger partial charge >= 0.3 is 0 Å². The van der Waals surface area contributed by atoms with E-state index in [9.17, 15) is 9.59 Å². The number of aromatic amines is 1. The van der Waals surface area contributed by atoms with Crippen LogP contribution in [0.5, 0.6) is 0 Å². The molecule has 0 radical (unpaired) electrons. The molecule has 0 aliphatic rings. The van der Waals surface area contributed by atoms with Crippen LogP contribution in [0.3, 0.4) is 0 Å². The first-order valence-electron chi connectivity index (χ1n) is 11.6. The van der Waals surface area contributed by atoms with Gasteiger partial charge in [0.1, 0.15) is 5.69 Å². The van der Waals surface area contributed by atoms with Crippen molar-refractivity contribution in [3.05, 3.63) is 82.5 Å². The lowest BCUT2D eigenvalue weighted by Gasteiger charge is -2.23. The zero-order valence-electron chi connectivity index (χ0n) is 20.2. The van der Waals surface area contributed by atoms with E-state index in [1.807, 2.05) is 44.3 Å². The minimum atomic E-state index is -0.251. The smallest absolute Gasteiger partial charge is 0.269 e. The van der Waals surface area contributed by atoms with Crippen molar-refractivity contribution in [1.82, 2.24) is 15.0 Å². The third-order valence-corrected chi connectivity index (χ3v) is 5.79. The van der Waals surface area contributed by atoms with Crippen LogP contribution in [0, 0.1) is 6.92 Å². The molecule has 180 valence electrons. The molecule has 0 fully saturated rings. The van der Waals surface area contributed by atoms with Crippen molar-refractivity contribution in [2.45, 2.75) is 20.3 Å². The number of anilines is 2. The van der Waals surface area contributed by atoms with Gasteiger partial charge in [0.2, 0.25) is 0 Å². The number of aryl methyl sites for hydroxylation is 1. The summed E-state index contributed by atoms with van der Waals surface area (Å²) >= 11 is 0. The molecule has 8 nitrogen and oxygen atoms in total. The van der Waals surface area contributed by atoms with Gasteiger partial charge in [-0.25, -0.2) is 4.98 Å². The molecular formula is C27H29N5O3. The number of pyridine rings is 1. The predicted octanol–water partition coefficient (Wildman–Crippen LogP) is 4.41. The Morgan fingerprint density at radius 3 is 2.51 bits per heavy atom. The molecule has 4 rings (SSSR count). The second-order valence-corrected chi connectivity index (χ2v) is 8.28. The van der Waals surface area contributed by atoms with Crippen LogP contribution in [0.15, 0.2) is 65.7 Å². The zero-order valence-corrected chi connectivity index (χ0v) is 20.2. The summed E-state index contributed by atoms with van der Waals surface area (Å²) in [5, 5.41) is 3.02. The lowest BCUT2D eigenvalue weighted by molar-refractivity contribution is 0.102. The summed E-state index contributed by atoms with van der Waals surface area (Å²) in [5.41, 5.74) is 5.35. The predicted molar refractivity (Wildman–Crippen MR) is 139 cm³/mol. The van der Waals surface area contributed by atoms with Crippen molar-refractivity contribution in [2.24, 2.45) is 0 Å². The third-order valence-electron chi connectivity index (χ3n) is 5.79. The average Bonchev–Trinajstić information content (AvgIpc) is 2.87. The van der Waals surface area contributed by atoms with E-state index >= 15 is 0 Å². The summed E-state index contributed by atoms with van der Waals surface area (Å²) in [7, 11) is 1.96. The molecule has 35 heavy (non-hydrogen) atoms. The van der Waals surface area contributed by atoms with Crippen LogP contribution < -0.4 is 15.8 Å². The van der Waals surface area contributed by atoms with E-state index in [1.54, 1.807) is 37.5 Å². The van der Waals surface area contributed by atoms with Gasteiger partial charge in [-0.2, -0.15) is 0 Å². The van der Waals surface area contributed by atoms with E-state index in [0.717, 1.165) is 29.8 Å². The topological polar surface area (TPSA) is 100 Å². The van der Waals surface area contributed by atoms with E-state index in [1.165, 1.54) is 0 Å². The Morgan fingerprint density at radius 1 is 1.09 bits per heavy atom. The summed E-state index contributed by atoms with van der Waals surface area (Å²) in [6, 6.07) is 14.9. The van der Waals surface area contributed by atoms with Crippen LogP contribution in [-0.2, 0) is 4.74 Å². The van der Waals surface area contributed by atoms with Crippen molar-refractivity contribution < 1.29 is 9.53 Å². The molecule has 0 atom stereocenters. The molecule has 0 unspecified atom stereocenters. The average molecular weight is 472 g/mol. The number of carbonyl (C=O) groups is 1. The maximum Gasteiger partial charge on any atom is 0.269 e. The van der Waals surface area contributed by atoms with Gasteiger partial charge < -0.3 is 19.9 Å². The number of fused-ring (bicyclic) bond motifs is 1. The molecule has 1 amide bonds. The minimum Gasteiger partial charge on any atom is -0.382 e. The van der Waals surface area contributed by atoms with E-state index in [4.69, 9.17) is 4.74 Å². The Balaban J connectivity index is 1.62. The Morgan fingerprint density at radius 2 is 1.80 bits per heavy atom. The molecule has 2 aromatic heterocycles. The number of nitrogens with zero attached hydrogens (tertiary/aromatic N) is 3. The first-order valence-corrected chi connectivity index (χ1v) is 11.6. The van der Waals surface area contributed by atoms with Crippen molar-refractivity contribution in [3.8, 4) is 11.1 Å². The largest absolute Gasteiger partial charge is 0.382 e. The summed E-state index contributed by atoms with van der Waals surface area (Å²) in [4.78, 5) is 38.7. The Kier molecular flexibility index (Phi) is 7.52. The summed E-state index contributed by atoms with van der Waals surface area (Å²) in [6.45, 7) is 5.72. The normalized spacial score (nSPS) is 10.9. The number of ether oxygens (including phenoxy) is 1. The van der Waals surface area contributed by atoms with Gasteiger partial charge in [0.25, 0.3) is 11.5 Å². The summed E-state index contributed by atoms with van der Waals surface area (Å²) in [6.07, 6.45) is 4.32.